The topological polar surface area (TPSA) is 61.4 Å². The van der Waals surface area contributed by atoms with Crippen LogP contribution in [-0.2, 0) is 4.79 Å². The van der Waals surface area contributed by atoms with Crippen molar-refractivity contribution in [3.8, 4) is 0 Å². The molecule has 0 saturated carbocycles. The first-order valence-electron chi connectivity index (χ1n) is 8.46. The van der Waals surface area contributed by atoms with Gasteiger partial charge in [0.25, 0.3) is 5.91 Å². The van der Waals surface area contributed by atoms with Crippen LogP contribution in [-0.4, -0.2) is 23.5 Å². The number of urea groups is 1. The lowest BCUT2D eigenvalue weighted by molar-refractivity contribution is -0.115. The van der Waals surface area contributed by atoms with Gasteiger partial charge in [-0.1, -0.05) is 13.0 Å². The van der Waals surface area contributed by atoms with Crippen LogP contribution in [0.1, 0.15) is 58.1 Å². The van der Waals surface area contributed by atoms with Gasteiger partial charge in [-0.25, -0.2) is 4.79 Å². The molecule has 1 atom stereocenters. The summed E-state index contributed by atoms with van der Waals surface area (Å²) in [4.78, 5) is 25.4. The van der Waals surface area contributed by atoms with Crippen LogP contribution >= 0.6 is 0 Å². The van der Waals surface area contributed by atoms with Crippen molar-refractivity contribution >= 4 is 23.7 Å². The zero-order chi connectivity index (χ0) is 17.6. The van der Waals surface area contributed by atoms with Crippen molar-refractivity contribution in [3.05, 3.63) is 35.0 Å². The predicted molar refractivity (Wildman–Crippen MR) is 95.8 cm³/mol. The Balaban J connectivity index is 2.02. The summed E-state index contributed by atoms with van der Waals surface area (Å²) in [6.07, 6.45) is 2.81. The Labute approximate surface area is 143 Å². The van der Waals surface area contributed by atoms with Crippen molar-refractivity contribution < 1.29 is 9.59 Å². The van der Waals surface area contributed by atoms with Gasteiger partial charge in [-0.15, -0.1) is 0 Å². The van der Waals surface area contributed by atoms with Crippen molar-refractivity contribution in [3.63, 3.8) is 0 Å². The predicted octanol–water partition coefficient (Wildman–Crippen LogP) is 3.37. The molecular formula is C19H25N3O2. The highest BCUT2D eigenvalue weighted by atomic mass is 16.2. The summed E-state index contributed by atoms with van der Waals surface area (Å²) in [5.41, 5.74) is 3.89. The maximum atomic E-state index is 11.7. The van der Waals surface area contributed by atoms with Crippen LogP contribution in [0.15, 0.2) is 23.9 Å². The number of benzene rings is 1. The van der Waals surface area contributed by atoms with Crippen molar-refractivity contribution in [2.75, 3.05) is 4.90 Å². The van der Waals surface area contributed by atoms with Crippen LogP contribution in [0.3, 0.4) is 0 Å². The molecule has 5 heteroatoms. The Morgan fingerprint density at radius 2 is 1.96 bits per heavy atom. The van der Waals surface area contributed by atoms with Crippen LogP contribution in [0.5, 0.6) is 0 Å². The van der Waals surface area contributed by atoms with E-state index in [1.807, 2.05) is 6.07 Å². The van der Waals surface area contributed by atoms with Crippen LogP contribution < -0.4 is 15.5 Å². The summed E-state index contributed by atoms with van der Waals surface area (Å²) in [5, 5.41) is 4.76. The van der Waals surface area contributed by atoms with Gasteiger partial charge < -0.3 is 10.2 Å². The lowest BCUT2D eigenvalue weighted by Gasteiger charge is -2.50. The molecule has 2 heterocycles. The number of fused-ring (bicyclic) bond motifs is 1. The number of amides is 3. The molecule has 0 spiro atoms. The highest BCUT2D eigenvalue weighted by Gasteiger charge is 2.37. The highest BCUT2D eigenvalue weighted by Crippen LogP contribution is 2.44. The fourth-order valence-electron chi connectivity index (χ4n) is 4.19. The van der Waals surface area contributed by atoms with E-state index < -0.39 is 6.03 Å². The van der Waals surface area contributed by atoms with Crippen LogP contribution in [0.2, 0.25) is 0 Å². The summed E-state index contributed by atoms with van der Waals surface area (Å²) < 4.78 is 0. The van der Waals surface area contributed by atoms with E-state index in [1.165, 1.54) is 11.3 Å². The average Bonchev–Trinajstić information content (AvgIpc) is 2.76. The van der Waals surface area contributed by atoms with E-state index in [-0.39, 0.29) is 11.4 Å². The first-order valence-corrected chi connectivity index (χ1v) is 8.46. The Morgan fingerprint density at radius 1 is 1.25 bits per heavy atom. The number of nitrogens with one attached hydrogen (secondary N) is 2. The van der Waals surface area contributed by atoms with Gasteiger partial charge in [0, 0.05) is 17.3 Å². The normalized spacial score (nSPS) is 24.2. The molecule has 2 N–H and O–H groups in total. The van der Waals surface area contributed by atoms with Gasteiger partial charge in [-0.05, 0) is 69.4 Å². The van der Waals surface area contributed by atoms with Crippen molar-refractivity contribution in [1.82, 2.24) is 10.6 Å². The third-order valence-corrected chi connectivity index (χ3v) is 4.85. The summed E-state index contributed by atoms with van der Waals surface area (Å²) in [5.74, 6) is 0.0612. The lowest BCUT2D eigenvalue weighted by atomic mass is 9.79. The van der Waals surface area contributed by atoms with Gasteiger partial charge in [-0.3, -0.25) is 10.1 Å². The number of carbonyl (C=O) groups excluding carboxylic acids is 2. The lowest BCUT2D eigenvalue weighted by Crippen LogP contribution is -2.51. The largest absolute Gasteiger partial charge is 0.364 e. The molecule has 3 amide bonds. The maximum absolute atomic E-state index is 11.7. The summed E-state index contributed by atoms with van der Waals surface area (Å²) >= 11 is 0. The van der Waals surface area contributed by atoms with Crippen LogP contribution in [0.4, 0.5) is 10.5 Å². The molecule has 3 rings (SSSR count). The van der Waals surface area contributed by atoms with Crippen LogP contribution in [0.25, 0.3) is 6.08 Å². The monoisotopic (exact) mass is 327 g/mol. The molecule has 0 bridgehead atoms. The Kier molecular flexibility index (Phi) is 3.90. The standard InChI is InChI=1S/C19H25N3O2/c1-11(2)22-16-7-6-13(9-15-17(23)21-18(24)20-15)8-14(16)12(3)10-19(22,4)5/h6-9,11-12H,10H2,1-5H3,(H2,20,21,23,24)/b15-9+. The molecule has 0 aromatic heterocycles. The number of anilines is 1. The van der Waals surface area contributed by atoms with Gasteiger partial charge >= 0.3 is 6.03 Å². The maximum Gasteiger partial charge on any atom is 0.326 e. The van der Waals surface area contributed by atoms with Gasteiger partial charge in [0.2, 0.25) is 0 Å². The van der Waals surface area contributed by atoms with E-state index >= 15 is 0 Å². The molecule has 1 aromatic rings. The molecule has 1 saturated heterocycles. The zero-order valence-corrected chi connectivity index (χ0v) is 14.9. The van der Waals surface area contributed by atoms with Gasteiger partial charge in [0.1, 0.15) is 5.70 Å². The van der Waals surface area contributed by atoms with E-state index in [4.69, 9.17) is 0 Å². The minimum absolute atomic E-state index is 0.111. The third-order valence-electron chi connectivity index (χ3n) is 4.85. The molecule has 2 aliphatic heterocycles. The SMILES string of the molecule is CC1CC(C)(C)N(C(C)C)c2ccc(/C=C3/NC(=O)NC3=O)cc21. The molecule has 1 unspecified atom stereocenters. The zero-order valence-electron chi connectivity index (χ0n) is 14.9. The Hall–Kier alpha value is -2.30. The summed E-state index contributed by atoms with van der Waals surface area (Å²) in [6, 6.07) is 6.22. The first-order chi connectivity index (χ1) is 11.2. The summed E-state index contributed by atoms with van der Waals surface area (Å²) in [6.45, 7) is 11.3. The molecule has 0 radical (unpaired) electrons. The number of nitrogens with zero attached hydrogens (tertiary/aromatic N) is 1. The smallest absolute Gasteiger partial charge is 0.326 e. The average molecular weight is 327 g/mol. The third kappa shape index (κ3) is 2.79. The second-order valence-electron chi connectivity index (χ2n) is 7.67. The molecule has 1 fully saturated rings. The quantitative estimate of drug-likeness (QED) is 0.647. The van der Waals surface area contributed by atoms with Crippen molar-refractivity contribution in [1.29, 1.82) is 0 Å². The molecule has 0 aliphatic carbocycles. The Bertz CT molecular complexity index is 734. The molecular weight excluding hydrogens is 302 g/mol. The highest BCUT2D eigenvalue weighted by molar-refractivity contribution is 6.14. The molecule has 24 heavy (non-hydrogen) atoms. The van der Waals surface area contributed by atoms with E-state index in [1.54, 1.807) is 6.08 Å². The Morgan fingerprint density at radius 3 is 2.54 bits per heavy atom. The van der Waals surface area contributed by atoms with Crippen molar-refractivity contribution in [2.45, 2.75) is 58.5 Å². The van der Waals surface area contributed by atoms with Gasteiger partial charge in [0.15, 0.2) is 0 Å². The molecule has 1 aromatic carbocycles. The van der Waals surface area contributed by atoms with E-state index in [0.29, 0.717) is 17.7 Å². The fourth-order valence-corrected chi connectivity index (χ4v) is 4.19. The number of rotatable bonds is 2. The number of carbonyl (C=O) groups is 2. The minimum atomic E-state index is -0.467. The van der Waals surface area contributed by atoms with Crippen LogP contribution in [0, 0.1) is 0 Å². The molecule has 2 aliphatic rings. The van der Waals surface area contributed by atoms with Gasteiger partial charge in [-0.2, -0.15) is 0 Å². The van der Waals surface area contributed by atoms with Crippen molar-refractivity contribution in [2.24, 2.45) is 0 Å². The van der Waals surface area contributed by atoms with E-state index in [0.717, 1.165) is 12.0 Å². The second-order valence-corrected chi connectivity index (χ2v) is 7.67. The van der Waals surface area contributed by atoms with E-state index in [2.05, 4.69) is 62.3 Å². The minimum Gasteiger partial charge on any atom is -0.364 e. The second kappa shape index (κ2) is 5.65. The van der Waals surface area contributed by atoms with Gasteiger partial charge in [0.05, 0.1) is 0 Å². The number of imide groups is 1. The molecule has 128 valence electrons. The molecule has 5 nitrogen and oxygen atoms in total. The summed E-state index contributed by atoms with van der Waals surface area (Å²) in [7, 11) is 0. The number of hydrogen-bond donors (Lipinski definition) is 2. The fraction of sp³-hybridized carbons (Fsp3) is 0.474. The number of hydrogen-bond acceptors (Lipinski definition) is 3. The van der Waals surface area contributed by atoms with E-state index in [9.17, 15) is 9.59 Å². The first kappa shape index (κ1) is 16.6.